The predicted octanol–water partition coefficient (Wildman–Crippen LogP) is 5.21. The molecule has 8 heteroatoms. The topological polar surface area (TPSA) is 67.8 Å². The van der Waals surface area contributed by atoms with Gasteiger partial charge in [0.15, 0.2) is 5.17 Å². The van der Waals surface area contributed by atoms with E-state index in [1.807, 2.05) is 43.3 Å². The molecule has 5 nitrogen and oxygen atoms in total. The number of rotatable bonds is 4. The Morgan fingerprint density at radius 1 is 1.21 bits per heavy atom. The number of amides is 2. The van der Waals surface area contributed by atoms with Crippen LogP contribution in [0.2, 0.25) is 0 Å². The number of aryl methyl sites for hydroxylation is 1. The van der Waals surface area contributed by atoms with Crippen molar-refractivity contribution in [2.24, 2.45) is 4.99 Å². The fourth-order valence-electron chi connectivity index (χ4n) is 2.41. The molecule has 0 saturated carbocycles. The van der Waals surface area contributed by atoms with Gasteiger partial charge in [-0.2, -0.15) is 4.99 Å². The zero-order valence-corrected chi connectivity index (χ0v) is 19.1. The molecule has 0 saturated heterocycles. The van der Waals surface area contributed by atoms with Gasteiger partial charge >= 0.3 is 0 Å². The number of nitrogens with zero attached hydrogens (tertiary/aromatic N) is 1. The highest BCUT2D eigenvalue weighted by Gasteiger charge is 2.22. The molecule has 28 heavy (non-hydrogen) atoms. The van der Waals surface area contributed by atoms with Crippen LogP contribution in [0.5, 0.6) is 5.75 Å². The molecular formula is C20H16Br2N2O3S. The molecular weight excluding hydrogens is 508 g/mol. The van der Waals surface area contributed by atoms with Crippen molar-refractivity contribution in [3.63, 3.8) is 0 Å². The number of nitrogens with one attached hydrogen (secondary N) is 1. The highest BCUT2D eigenvalue weighted by Crippen LogP contribution is 2.37. The molecule has 144 valence electrons. The van der Waals surface area contributed by atoms with Crippen molar-refractivity contribution in [1.82, 2.24) is 5.32 Å². The van der Waals surface area contributed by atoms with Crippen LogP contribution >= 0.6 is 43.6 Å². The van der Waals surface area contributed by atoms with Gasteiger partial charge < -0.3 is 10.1 Å². The quantitative estimate of drug-likeness (QED) is 0.559. The van der Waals surface area contributed by atoms with Gasteiger partial charge in [-0.3, -0.25) is 9.59 Å². The standard InChI is InChI=1S/C20H16Br2N2O3S/c1-11-3-5-13(6-4-11)10-27-18-15(21)7-14(8-16(18)22)9-17-19(26)24-20(28-17)23-12(2)25/h3-9H,10H2,1-2H3,(H,23,24,25,26)/b17-9+. The number of hydrogen-bond acceptors (Lipinski definition) is 4. The number of thioether (sulfide) groups is 1. The zero-order chi connectivity index (χ0) is 20.3. The average molecular weight is 524 g/mol. The first kappa shape index (κ1) is 20.8. The minimum absolute atomic E-state index is 0.263. The van der Waals surface area contributed by atoms with Crippen molar-refractivity contribution in [3.8, 4) is 5.75 Å². The molecule has 2 aromatic carbocycles. The molecule has 0 spiro atoms. The number of halogens is 2. The van der Waals surface area contributed by atoms with E-state index in [0.29, 0.717) is 22.4 Å². The van der Waals surface area contributed by atoms with E-state index >= 15 is 0 Å². The predicted molar refractivity (Wildman–Crippen MR) is 119 cm³/mol. The van der Waals surface area contributed by atoms with Crippen molar-refractivity contribution in [1.29, 1.82) is 0 Å². The van der Waals surface area contributed by atoms with Crippen LogP contribution in [0.4, 0.5) is 0 Å². The average Bonchev–Trinajstić information content (AvgIpc) is 2.94. The highest BCUT2D eigenvalue weighted by molar-refractivity contribution is 9.11. The van der Waals surface area contributed by atoms with E-state index in [1.54, 1.807) is 6.08 Å². The largest absolute Gasteiger partial charge is 0.487 e. The van der Waals surface area contributed by atoms with Gasteiger partial charge in [0.2, 0.25) is 5.91 Å². The second kappa shape index (κ2) is 9.07. The summed E-state index contributed by atoms with van der Waals surface area (Å²) in [5.41, 5.74) is 3.08. The van der Waals surface area contributed by atoms with Crippen LogP contribution in [0.1, 0.15) is 23.6 Å². The van der Waals surface area contributed by atoms with Gasteiger partial charge in [0.1, 0.15) is 12.4 Å². The molecule has 1 aliphatic heterocycles. The Morgan fingerprint density at radius 2 is 1.86 bits per heavy atom. The van der Waals surface area contributed by atoms with Crippen molar-refractivity contribution in [2.45, 2.75) is 20.5 Å². The number of carbonyl (C=O) groups is 2. The number of hydrogen-bond donors (Lipinski definition) is 1. The Balaban J connectivity index is 1.74. The number of aliphatic imine (C=N–C) groups is 1. The number of amidine groups is 1. The van der Waals surface area contributed by atoms with E-state index in [2.05, 4.69) is 42.2 Å². The molecule has 2 aromatic rings. The number of ether oxygens (including phenoxy) is 1. The summed E-state index contributed by atoms with van der Waals surface area (Å²) in [5.74, 6) is 0.0462. The fourth-order valence-corrected chi connectivity index (χ4v) is 4.72. The molecule has 1 N–H and O–H groups in total. The summed E-state index contributed by atoms with van der Waals surface area (Å²) < 4.78 is 7.47. The summed E-state index contributed by atoms with van der Waals surface area (Å²) in [5, 5.41) is 2.82. The molecule has 1 aliphatic rings. The summed E-state index contributed by atoms with van der Waals surface area (Å²) in [7, 11) is 0. The maximum atomic E-state index is 12.0. The summed E-state index contributed by atoms with van der Waals surface area (Å²) in [6, 6.07) is 11.9. The monoisotopic (exact) mass is 522 g/mol. The van der Waals surface area contributed by atoms with Crippen LogP contribution in [0, 0.1) is 6.92 Å². The van der Waals surface area contributed by atoms with Gasteiger partial charge in [0.05, 0.1) is 13.9 Å². The molecule has 0 atom stereocenters. The van der Waals surface area contributed by atoms with Gasteiger partial charge in [-0.05, 0) is 79.9 Å². The zero-order valence-electron chi connectivity index (χ0n) is 15.1. The van der Waals surface area contributed by atoms with E-state index in [0.717, 1.165) is 31.8 Å². The smallest absolute Gasteiger partial charge is 0.286 e. The minimum Gasteiger partial charge on any atom is -0.487 e. The Morgan fingerprint density at radius 3 is 2.46 bits per heavy atom. The first-order valence-electron chi connectivity index (χ1n) is 8.29. The Kier molecular flexibility index (Phi) is 6.74. The third-order valence-electron chi connectivity index (χ3n) is 3.73. The molecule has 0 unspecified atom stereocenters. The van der Waals surface area contributed by atoms with Crippen LogP contribution in [-0.2, 0) is 16.2 Å². The molecule has 0 fully saturated rings. The number of carbonyl (C=O) groups excluding carboxylic acids is 2. The lowest BCUT2D eigenvalue weighted by Gasteiger charge is -2.12. The van der Waals surface area contributed by atoms with Crippen molar-refractivity contribution < 1.29 is 14.3 Å². The van der Waals surface area contributed by atoms with E-state index < -0.39 is 0 Å². The second-order valence-electron chi connectivity index (χ2n) is 6.10. The molecule has 0 bridgehead atoms. The SMILES string of the molecule is CC(=O)NC1=NC(=O)/C(=C\c2cc(Br)c(OCc3ccc(C)cc3)c(Br)c2)S1. The Bertz CT molecular complexity index is 978. The summed E-state index contributed by atoms with van der Waals surface area (Å²) in [6.45, 7) is 3.86. The highest BCUT2D eigenvalue weighted by atomic mass is 79.9. The molecule has 3 rings (SSSR count). The van der Waals surface area contributed by atoms with E-state index in [4.69, 9.17) is 4.74 Å². The van der Waals surface area contributed by atoms with Crippen molar-refractivity contribution >= 4 is 66.7 Å². The first-order valence-corrected chi connectivity index (χ1v) is 10.7. The van der Waals surface area contributed by atoms with E-state index in [-0.39, 0.29) is 11.8 Å². The lowest BCUT2D eigenvalue weighted by Crippen LogP contribution is -2.23. The van der Waals surface area contributed by atoms with Crippen molar-refractivity contribution in [2.75, 3.05) is 0 Å². The molecule has 0 radical (unpaired) electrons. The normalized spacial score (nSPS) is 14.9. The van der Waals surface area contributed by atoms with Gasteiger partial charge in [-0.15, -0.1) is 0 Å². The van der Waals surface area contributed by atoms with Gasteiger partial charge in [0.25, 0.3) is 5.91 Å². The van der Waals surface area contributed by atoms with Gasteiger partial charge in [0, 0.05) is 6.92 Å². The summed E-state index contributed by atoms with van der Waals surface area (Å²) in [6.07, 6.45) is 1.73. The third-order valence-corrected chi connectivity index (χ3v) is 5.80. The summed E-state index contributed by atoms with van der Waals surface area (Å²) >= 11 is 8.20. The van der Waals surface area contributed by atoms with Crippen LogP contribution in [0.25, 0.3) is 6.08 Å². The van der Waals surface area contributed by atoms with Crippen LogP contribution < -0.4 is 10.1 Å². The van der Waals surface area contributed by atoms with Crippen molar-refractivity contribution in [3.05, 3.63) is 66.9 Å². The summed E-state index contributed by atoms with van der Waals surface area (Å²) in [4.78, 5) is 27.4. The van der Waals surface area contributed by atoms with E-state index in [1.165, 1.54) is 12.5 Å². The molecule has 0 aliphatic carbocycles. The van der Waals surface area contributed by atoms with Crippen LogP contribution in [-0.4, -0.2) is 17.0 Å². The minimum atomic E-state index is -0.374. The first-order chi connectivity index (χ1) is 13.3. The molecule has 0 aromatic heterocycles. The lowest BCUT2D eigenvalue weighted by molar-refractivity contribution is -0.117. The maximum Gasteiger partial charge on any atom is 0.286 e. The fraction of sp³-hybridized carbons (Fsp3) is 0.150. The molecule has 2 amide bonds. The van der Waals surface area contributed by atoms with Gasteiger partial charge in [-0.25, -0.2) is 0 Å². The molecule has 1 heterocycles. The van der Waals surface area contributed by atoms with Crippen LogP contribution in [0.3, 0.4) is 0 Å². The lowest BCUT2D eigenvalue weighted by atomic mass is 10.1. The van der Waals surface area contributed by atoms with Crippen LogP contribution in [0.15, 0.2) is 55.2 Å². The third kappa shape index (κ3) is 5.33. The Hall–Kier alpha value is -1.90. The second-order valence-corrected chi connectivity index (χ2v) is 8.84. The van der Waals surface area contributed by atoms with E-state index in [9.17, 15) is 9.59 Å². The maximum absolute atomic E-state index is 12.0. The number of benzene rings is 2. The Labute approximate surface area is 183 Å². The van der Waals surface area contributed by atoms with Gasteiger partial charge in [-0.1, -0.05) is 29.8 Å².